The van der Waals surface area contributed by atoms with Crippen LogP contribution < -0.4 is 20.1 Å². The zero-order chi connectivity index (χ0) is 19.4. The van der Waals surface area contributed by atoms with Crippen molar-refractivity contribution < 1.29 is 19.2 Å². The molecule has 0 spiro atoms. The largest absolute Gasteiger partial charge is 0.454 e. The molecule has 1 aromatic carbocycles. The number of benzene rings is 1. The molecule has 2 aromatic rings. The Hall–Kier alpha value is -2.81. The lowest BCUT2D eigenvalue weighted by Crippen LogP contribution is -2.38. The van der Waals surface area contributed by atoms with E-state index >= 15 is 0 Å². The molecule has 0 radical (unpaired) electrons. The highest BCUT2D eigenvalue weighted by molar-refractivity contribution is 7.16. The molecule has 1 aromatic heterocycles. The quantitative estimate of drug-likeness (QED) is 0.600. The van der Waals surface area contributed by atoms with E-state index in [0.29, 0.717) is 28.5 Å². The SMILES string of the molecule is CCC1CCc2c(sc3c2C(=O)NC(c2cc4c(cc2[N+](=O)[O-])OCO4)N3)C1. The van der Waals surface area contributed by atoms with Crippen molar-refractivity contribution in [2.45, 2.75) is 38.8 Å². The Bertz CT molecular complexity index is 1000. The maximum atomic E-state index is 12.9. The van der Waals surface area contributed by atoms with Crippen molar-refractivity contribution in [2.24, 2.45) is 5.92 Å². The highest BCUT2D eigenvalue weighted by atomic mass is 32.1. The molecule has 9 heteroatoms. The third kappa shape index (κ3) is 2.61. The van der Waals surface area contributed by atoms with Crippen LogP contribution in [-0.2, 0) is 12.8 Å². The Morgan fingerprint density at radius 1 is 1.29 bits per heavy atom. The number of thiophene rings is 1. The van der Waals surface area contributed by atoms with Gasteiger partial charge in [-0.1, -0.05) is 13.3 Å². The Morgan fingerprint density at radius 3 is 2.82 bits per heavy atom. The van der Waals surface area contributed by atoms with Gasteiger partial charge in [-0.2, -0.15) is 0 Å². The average Bonchev–Trinajstić information content (AvgIpc) is 3.29. The number of nitrogens with zero attached hydrogens (tertiary/aromatic N) is 1. The Morgan fingerprint density at radius 2 is 2.07 bits per heavy atom. The van der Waals surface area contributed by atoms with E-state index in [1.54, 1.807) is 17.4 Å². The first-order valence-electron chi connectivity index (χ1n) is 9.35. The molecule has 0 fully saturated rings. The number of amides is 1. The Kier molecular flexibility index (Phi) is 3.94. The summed E-state index contributed by atoms with van der Waals surface area (Å²) in [4.78, 5) is 25.3. The minimum absolute atomic E-state index is 0.0286. The summed E-state index contributed by atoms with van der Waals surface area (Å²) in [5.41, 5.74) is 2.08. The van der Waals surface area contributed by atoms with Gasteiger partial charge in [0.05, 0.1) is 22.1 Å². The normalized spacial score (nSPS) is 22.1. The predicted octanol–water partition coefficient (Wildman–Crippen LogP) is 3.75. The summed E-state index contributed by atoms with van der Waals surface area (Å²) in [7, 11) is 0. The summed E-state index contributed by atoms with van der Waals surface area (Å²) in [5, 5.41) is 18.6. The van der Waals surface area contributed by atoms with Gasteiger partial charge < -0.3 is 20.1 Å². The Labute approximate surface area is 165 Å². The zero-order valence-corrected chi connectivity index (χ0v) is 16.1. The lowest BCUT2D eigenvalue weighted by Gasteiger charge is -2.27. The van der Waals surface area contributed by atoms with Crippen molar-refractivity contribution in [3.8, 4) is 11.5 Å². The number of hydrogen-bond donors (Lipinski definition) is 2. The topological polar surface area (TPSA) is 103 Å². The van der Waals surface area contributed by atoms with Crippen molar-refractivity contribution in [1.82, 2.24) is 5.32 Å². The molecule has 0 saturated heterocycles. The number of carbonyl (C=O) groups excluding carboxylic acids is 1. The smallest absolute Gasteiger partial charge is 0.280 e. The van der Waals surface area contributed by atoms with Gasteiger partial charge in [-0.05, 0) is 36.8 Å². The predicted molar refractivity (Wildman–Crippen MR) is 103 cm³/mol. The molecule has 1 aliphatic carbocycles. The van der Waals surface area contributed by atoms with Gasteiger partial charge in [0.1, 0.15) is 11.2 Å². The number of nitrogens with one attached hydrogen (secondary N) is 2. The number of nitro benzene ring substituents is 1. The van der Waals surface area contributed by atoms with E-state index in [1.807, 2.05) is 0 Å². The molecule has 2 unspecified atom stereocenters. The van der Waals surface area contributed by atoms with E-state index in [0.717, 1.165) is 36.2 Å². The molecule has 2 N–H and O–H groups in total. The first kappa shape index (κ1) is 17.3. The first-order valence-corrected chi connectivity index (χ1v) is 10.2. The molecule has 5 rings (SSSR count). The summed E-state index contributed by atoms with van der Waals surface area (Å²) in [5.74, 6) is 1.26. The highest BCUT2D eigenvalue weighted by Crippen LogP contribution is 2.45. The van der Waals surface area contributed by atoms with Crippen molar-refractivity contribution >= 4 is 27.9 Å². The van der Waals surface area contributed by atoms with E-state index in [2.05, 4.69) is 17.6 Å². The van der Waals surface area contributed by atoms with E-state index in [9.17, 15) is 14.9 Å². The maximum absolute atomic E-state index is 12.9. The van der Waals surface area contributed by atoms with Gasteiger partial charge >= 0.3 is 0 Å². The standard InChI is InChI=1S/C19H19N3O5S/c1-2-9-3-4-10-15(5-9)28-19-16(10)18(23)20-17(21-19)11-6-13-14(27-8-26-13)7-12(11)22(24)25/h6-7,9,17,21H,2-5,8H2,1H3,(H,20,23). The van der Waals surface area contributed by atoms with Crippen LogP contribution in [0.3, 0.4) is 0 Å². The molecule has 0 bridgehead atoms. The molecular formula is C19H19N3O5S. The van der Waals surface area contributed by atoms with Crippen LogP contribution in [0.15, 0.2) is 12.1 Å². The van der Waals surface area contributed by atoms with Gasteiger partial charge in [0.2, 0.25) is 6.79 Å². The van der Waals surface area contributed by atoms with Gasteiger partial charge in [0, 0.05) is 4.88 Å². The monoisotopic (exact) mass is 401 g/mol. The van der Waals surface area contributed by atoms with Crippen LogP contribution in [-0.4, -0.2) is 17.6 Å². The fraction of sp³-hybridized carbons (Fsp3) is 0.421. The summed E-state index contributed by atoms with van der Waals surface area (Å²) >= 11 is 1.60. The zero-order valence-electron chi connectivity index (χ0n) is 15.2. The number of anilines is 1. The van der Waals surface area contributed by atoms with Crippen LogP contribution in [0, 0.1) is 16.0 Å². The maximum Gasteiger partial charge on any atom is 0.280 e. The number of ether oxygens (including phenoxy) is 2. The highest BCUT2D eigenvalue weighted by Gasteiger charge is 2.36. The second-order valence-corrected chi connectivity index (χ2v) is 8.40. The van der Waals surface area contributed by atoms with Gasteiger partial charge in [-0.3, -0.25) is 14.9 Å². The molecule has 28 heavy (non-hydrogen) atoms. The van der Waals surface area contributed by atoms with E-state index < -0.39 is 11.1 Å². The summed E-state index contributed by atoms with van der Waals surface area (Å²) in [6.45, 7) is 2.23. The molecule has 2 atom stereocenters. The number of rotatable bonds is 3. The van der Waals surface area contributed by atoms with Gasteiger partial charge in [0.15, 0.2) is 11.5 Å². The fourth-order valence-electron chi connectivity index (χ4n) is 4.21. The number of fused-ring (bicyclic) bond motifs is 4. The van der Waals surface area contributed by atoms with Crippen LogP contribution in [0.1, 0.15) is 52.3 Å². The van der Waals surface area contributed by atoms with Crippen molar-refractivity contribution in [3.05, 3.63) is 43.8 Å². The number of carbonyl (C=O) groups is 1. The minimum Gasteiger partial charge on any atom is -0.454 e. The van der Waals surface area contributed by atoms with Crippen LogP contribution in [0.25, 0.3) is 0 Å². The van der Waals surface area contributed by atoms with Crippen LogP contribution in [0.5, 0.6) is 11.5 Å². The summed E-state index contributed by atoms with van der Waals surface area (Å²) in [6, 6.07) is 2.93. The number of hydrogen-bond acceptors (Lipinski definition) is 7. The van der Waals surface area contributed by atoms with Gasteiger partial charge in [-0.15, -0.1) is 11.3 Å². The molecule has 8 nitrogen and oxygen atoms in total. The lowest BCUT2D eigenvalue weighted by molar-refractivity contribution is -0.385. The number of nitro groups is 1. The van der Waals surface area contributed by atoms with Crippen LogP contribution in [0.4, 0.5) is 10.7 Å². The van der Waals surface area contributed by atoms with Crippen LogP contribution in [0.2, 0.25) is 0 Å². The summed E-state index contributed by atoms with van der Waals surface area (Å²) in [6.07, 6.45) is 3.43. The summed E-state index contributed by atoms with van der Waals surface area (Å²) < 4.78 is 10.6. The molecule has 1 amide bonds. The minimum atomic E-state index is -0.697. The van der Waals surface area contributed by atoms with Crippen molar-refractivity contribution in [2.75, 3.05) is 12.1 Å². The second-order valence-electron chi connectivity index (χ2n) is 7.30. The average molecular weight is 401 g/mol. The van der Waals surface area contributed by atoms with Gasteiger partial charge in [-0.25, -0.2) is 0 Å². The third-order valence-corrected chi connectivity index (χ3v) is 6.94. The van der Waals surface area contributed by atoms with E-state index in [-0.39, 0.29) is 18.4 Å². The second kappa shape index (κ2) is 6.37. The van der Waals surface area contributed by atoms with E-state index in [4.69, 9.17) is 9.47 Å². The molecule has 3 heterocycles. The Balaban J connectivity index is 1.53. The van der Waals surface area contributed by atoms with E-state index in [1.165, 1.54) is 10.9 Å². The van der Waals surface area contributed by atoms with Gasteiger partial charge in [0.25, 0.3) is 11.6 Å². The molecule has 3 aliphatic rings. The fourth-order valence-corrected chi connectivity index (χ4v) is 5.59. The lowest BCUT2D eigenvalue weighted by atomic mass is 9.85. The molecule has 146 valence electrons. The molecular weight excluding hydrogens is 382 g/mol. The van der Waals surface area contributed by atoms with Crippen LogP contribution >= 0.6 is 11.3 Å². The molecule has 0 saturated carbocycles. The van der Waals surface area contributed by atoms with Crippen molar-refractivity contribution in [1.29, 1.82) is 0 Å². The third-order valence-electron chi connectivity index (χ3n) is 5.75. The first-order chi connectivity index (χ1) is 13.5. The molecule has 2 aliphatic heterocycles. The van der Waals surface area contributed by atoms with Crippen molar-refractivity contribution in [3.63, 3.8) is 0 Å².